The van der Waals surface area contributed by atoms with Crippen LogP contribution in [0.2, 0.25) is 5.02 Å². The van der Waals surface area contributed by atoms with Crippen molar-refractivity contribution in [1.29, 1.82) is 0 Å². The highest BCUT2D eigenvalue weighted by Crippen LogP contribution is 2.17. The van der Waals surface area contributed by atoms with Gasteiger partial charge in [-0.3, -0.25) is 9.78 Å². The minimum atomic E-state index is -0.131. The van der Waals surface area contributed by atoms with Crippen molar-refractivity contribution in [3.63, 3.8) is 0 Å². The molecule has 0 saturated carbocycles. The van der Waals surface area contributed by atoms with Crippen LogP contribution in [-0.4, -0.2) is 27.8 Å². The van der Waals surface area contributed by atoms with Crippen molar-refractivity contribution in [2.75, 3.05) is 7.05 Å². The van der Waals surface area contributed by atoms with Gasteiger partial charge in [-0.15, -0.1) is 11.3 Å². The van der Waals surface area contributed by atoms with Crippen LogP contribution >= 0.6 is 22.9 Å². The molecule has 0 aliphatic rings. The number of thiazole rings is 1. The van der Waals surface area contributed by atoms with E-state index < -0.39 is 0 Å². The highest BCUT2D eigenvalue weighted by molar-refractivity contribution is 7.09. The maximum atomic E-state index is 12.2. The van der Waals surface area contributed by atoms with Gasteiger partial charge in [0.15, 0.2) is 0 Å². The number of halogens is 1. The summed E-state index contributed by atoms with van der Waals surface area (Å²) in [5, 5.41) is 3.31. The molecule has 94 valence electrons. The Labute approximate surface area is 114 Å². The van der Waals surface area contributed by atoms with Gasteiger partial charge in [-0.05, 0) is 13.0 Å². The van der Waals surface area contributed by atoms with Gasteiger partial charge in [0.05, 0.1) is 27.8 Å². The second-order valence-electron chi connectivity index (χ2n) is 3.87. The topological polar surface area (TPSA) is 46.1 Å². The zero-order valence-corrected chi connectivity index (χ0v) is 11.6. The number of aromatic nitrogens is 2. The molecule has 18 heavy (non-hydrogen) atoms. The number of hydrogen-bond acceptors (Lipinski definition) is 4. The van der Waals surface area contributed by atoms with Gasteiger partial charge in [-0.25, -0.2) is 4.98 Å². The third-order valence-corrected chi connectivity index (χ3v) is 3.54. The Morgan fingerprint density at radius 2 is 2.33 bits per heavy atom. The fraction of sp³-hybridized carbons (Fsp3) is 0.250. The van der Waals surface area contributed by atoms with Crippen molar-refractivity contribution in [3.8, 4) is 0 Å². The van der Waals surface area contributed by atoms with E-state index in [9.17, 15) is 4.79 Å². The van der Waals surface area contributed by atoms with Crippen molar-refractivity contribution in [3.05, 3.63) is 45.1 Å². The number of nitrogens with zero attached hydrogens (tertiary/aromatic N) is 3. The summed E-state index contributed by atoms with van der Waals surface area (Å²) in [6, 6.07) is 1.62. The van der Waals surface area contributed by atoms with Crippen LogP contribution in [0.3, 0.4) is 0 Å². The van der Waals surface area contributed by atoms with Gasteiger partial charge in [0.2, 0.25) is 0 Å². The first-order valence-electron chi connectivity index (χ1n) is 5.34. The minimum Gasteiger partial charge on any atom is -0.336 e. The largest absolute Gasteiger partial charge is 0.336 e. The third-order valence-electron chi connectivity index (χ3n) is 2.42. The Hall–Kier alpha value is -1.46. The lowest BCUT2D eigenvalue weighted by Gasteiger charge is -2.16. The van der Waals surface area contributed by atoms with Gasteiger partial charge >= 0.3 is 0 Å². The number of rotatable bonds is 3. The van der Waals surface area contributed by atoms with Gasteiger partial charge in [0, 0.05) is 24.8 Å². The molecule has 0 fully saturated rings. The second kappa shape index (κ2) is 5.46. The van der Waals surface area contributed by atoms with Crippen LogP contribution in [-0.2, 0) is 6.54 Å². The average molecular weight is 282 g/mol. The fourth-order valence-electron chi connectivity index (χ4n) is 1.55. The minimum absolute atomic E-state index is 0.131. The first-order chi connectivity index (χ1) is 8.58. The van der Waals surface area contributed by atoms with Crippen LogP contribution in [0, 0.1) is 6.92 Å². The van der Waals surface area contributed by atoms with Crippen LogP contribution < -0.4 is 0 Å². The van der Waals surface area contributed by atoms with E-state index in [-0.39, 0.29) is 5.91 Å². The maximum absolute atomic E-state index is 12.2. The Balaban J connectivity index is 2.12. The summed E-state index contributed by atoms with van der Waals surface area (Å²) in [4.78, 5) is 21.9. The molecule has 0 aliphatic carbocycles. The Morgan fingerprint density at radius 3 is 2.94 bits per heavy atom. The molecule has 6 heteroatoms. The van der Waals surface area contributed by atoms with Crippen LogP contribution in [0.5, 0.6) is 0 Å². The van der Waals surface area contributed by atoms with E-state index in [1.54, 1.807) is 35.5 Å². The molecule has 0 radical (unpaired) electrons. The van der Waals surface area contributed by atoms with E-state index in [1.807, 2.05) is 12.3 Å². The fourth-order valence-corrected chi connectivity index (χ4v) is 2.35. The van der Waals surface area contributed by atoms with E-state index in [0.717, 1.165) is 10.7 Å². The van der Waals surface area contributed by atoms with E-state index >= 15 is 0 Å². The molecule has 2 aromatic rings. The quantitative estimate of drug-likeness (QED) is 0.869. The van der Waals surface area contributed by atoms with E-state index in [1.165, 1.54) is 6.20 Å². The lowest BCUT2D eigenvalue weighted by atomic mass is 10.2. The standard InChI is InChI=1S/C12H12ClN3OS/c1-8-15-9(7-18-8)6-16(2)12(17)10-3-4-14-5-11(10)13/h3-5,7H,6H2,1-2H3. The molecule has 2 heterocycles. The Kier molecular flexibility index (Phi) is 3.93. The maximum Gasteiger partial charge on any atom is 0.255 e. The predicted octanol–water partition coefficient (Wildman–Crippen LogP) is 2.77. The molecule has 0 spiro atoms. The first-order valence-corrected chi connectivity index (χ1v) is 6.59. The zero-order chi connectivity index (χ0) is 13.1. The molecule has 1 amide bonds. The second-order valence-corrected chi connectivity index (χ2v) is 5.34. The van der Waals surface area contributed by atoms with Crippen LogP contribution in [0.15, 0.2) is 23.8 Å². The summed E-state index contributed by atoms with van der Waals surface area (Å²) in [7, 11) is 1.73. The summed E-state index contributed by atoms with van der Waals surface area (Å²) < 4.78 is 0. The molecule has 0 unspecified atom stereocenters. The Bertz CT molecular complexity index is 570. The molecule has 0 atom stereocenters. The van der Waals surface area contributed by atoms with Crippen molar-refractivity contribution in [2.24, 2.45) is 0 Å². The molecular weight excluding hydrogens is 270 g/mol. The van der Waals surface area contributed by atoms with Gasteiger partial charge in [0.25, 0.3) is 5.91 Å². The SMILES string of the molecule is Cc1nc(CN(C)C(=O)c2ccncc2Cl)cs1. The third kappa shape index (κ3) is 2.86. The van der Waals surface area contributed by atoms with Gasteiger partial charge in [-0.2, -0.15) is 0 Å². The van der Waals surface area contributed by atoms with Gasteiger partial charge < -0.3 is 4.90 Å². The lowest BCUT2D eigenvalue weighted by molar-refractivity contribution is 0.0783. The monoisotopic (exact) mass is 281 g/mol. The van der Waals surface area contributed by atoms with Crippen molar-refractivity contribution >= 4 is 28.8 Å². The number of carbonyl (C=O) groups excluding carboxylic acids is 1. The van der Waals surface area contributed by atoms with Crippen molar-refractivity contribution < 1.29 is 4.79 Å². The summed E-state index contributed by atoms with van der Waals surface area (Å²) >= 11 is 7.52. The van der Waals surface area contributed by atoms with E-state index in [4.69, 9.17) is 11.6 Å². The van der Waals surface area contributed by atoms with E-state index in [0.29, 0.717) is 17.1 Å². The lowest BCUT2D eigenvalue weighted by Crippen LogP contribution is -2.26. The van der Waals surface area contributed by atoms with Crippen molar-refractivity contribution in [2.45, 2.75) is 13.5 Å². The smallest absolute Gasteiger partial charge is 0.255 e. The molecule has 4 nitrogen and oxygen atoms in total. The van der Waals surface area contributed by atoms with Gasteiger partial charge in [0.1, 0.15) is 0 Å². The number of amides is 1. The summed E-state index contributed by atoms with van der Waals surface area (Å²) in [5.74, 6) is -0.131. The molecule has 0 aromatic carbocycles. The number of carbonyl (C=O) groups is 1. The normalized spacial score (nSPS) is 10.4. The highest BCUT2D eigenvalue weighted by atomic mass is 35.5. The summed E-state index contributed by atoms with van der Waals surface area (Å²) in [6.45, 7) is 2.41. The van der Waals surface area contributed by atoms with Crippen LogP contribution in [0.4, 0.5) is 0 Å². The number of aryl methyl sites for hydroxylation is 1. The molecule has 0 N–H and O–H groups in total. The number of pyridine rings is 1. The molecule has 0 aliphatic heterocycles. The molecule has 0 saturated heterocycles. The number of hydrogen-bond donors (Lipinski definition) is 0. The molecule has 0 bridgehead atoms. The zero-order valence-electron chi connectivity index (χ0n) is 10.1. The first kappa shape index (κ1) is 13.0. The summed E-state index contributed by atoms with van der Waals surface area (Å²) in [6.07, 6.45) is 3.02. The van der Waals surface area contributed by atoms with Crippen molar-refractivity contribution in [1.82, 2.24) is 14.9 Å². The molecule has 2 rings (SSSR count). The van der Waals surface area contributed by atoms with E-state index in [2.05, 4.69) is 9.97 Å². The van der Waals surface area contributed by atoms with Crippen LogP contribution in [0.1, 0.15) is 21.1 Å². The Morgan fingerprint density at radius 1 is 1.56 bits per heavy atom. The highest BCUT2D eigenvalue weighted by Gasteiger charge is 2.15. The molecule has 2 aromatic heterocycles. The summed E-state index contributed by atoms with van der Waals surface area (Å²) in [5.41, 5.74) is 1.35. The average Bonchev–Trinajstić information content (AvgIpc) is 2.74. The predicted molar refractivity (Wildman–Crippen MR) is 71.9 cm³/mol. The van der Waals surface area contributed by atoms with Crippen LogP contribution in [0.25, 0.3) is 0 Å². The molecular formula is C12H12ClN3OS. The van der Waals surface area contributed by atoms with Gasteiger partial charge in [-0.1, -0.05) is 11.6 Å².